The Morgan fingerprint density at radius 2 is 1.96 bits per heavy atom. The number of thioether (sulfide) groups is 1. The number of carbonyl (C=O) groups excluding carboxylic acids is 1. The number of phenolic OH excluding ortho intramolecular Hbond substituents is 1. The van der Waals surface area contributed by atoms with Gasteiger partial charge < -0.3 is 10.0 Å². The fourth-order valence-corrected chi connectivity index (χ4v) is 3.59. The highest BCUT2D eigenvalue weighted by atomic mass is 32.2. The second-order valence-corrected chi connectivity index (χ2v) is 6.65. The number of amides is 1. The Balaban J connectivity index is 1.60. The highest BCUT2D eigenvalue weighted by Crippen LogP contribution is 2.30. The molecule has 1 N–H and O–H groups in total. The van der Waals surface area contributed by atoms with E-state index in [2.05, 4.69) is 20.9 Å². The number of hydrogen-bond donors (Lipinski definition) is 1. The lowest BCUT2D eigenvalue weighted by Gasteiger charge is -2.34. The maximum atomic E-state index is 12.1. The molecule has 2 aliphatic heterocycles. The Hall–Kier alpha value is -2.30. The lowest BCUT2D eigenvalue weighted by Crippen LogP contribution is -2.47. The summed E-state index contributed by atoms with van der Waals surface area (Å²) in [4.78, 5) is 21.3. The van der Waals surface area contributed by atoms with Gasteiger partial charge in [-0.1, -0.05) is 12.1 Å². The molecular formula is C17H18N4O2S. The summed E-state index contributed by atoms with van der Waals surface area (Å²) in [7, 11) is 0. The van der Waals surface area contributed by atoms with Crippen LogP contribution in [0.5, 0.6) is 5.75 Å². The van der Waals surface area contributed by atoms with Crippen molar-refractivity contribution in [2.45, 2.75) is 6.42 Å². The molecule has 0 saturated carbocycles. The van der Waals surface area contributed by atoms with E-state index in [1.807, 2.05) is 0 Å². The fourth-order valence-electron chi connectivity index (χ4n) is 2.63. The quantitative estimate of drug-likeness (QED) is 0.845. The molecule has 2 aliphatic rings. The number of amidine groups is 1. The van der Waals surface area contributed by atoms with Crippen LogP contribution in [0.15, 0.2) is 34.2 Å². The van der Waals surface area contributed by atoms with Gasteiger partial charge in [0.2, 0.25) is 0 Å². The van der Waals surface area contributed by atoms with Gasteiger partial charge in [0.05, 0.1) is 11.0 Å². The lowest BCUT2D eigenvalue weighted by molar-refractivity contribution is -0.113. The van der Waals surface area contributed by atoms with Crippen LogP contribution in [0.25, 0.3) is 6.08 Å². The first-order chi connectivity index (χ1) is 11.7. The molecule has 0 aromatic heterocycles. The first-order valence-corrected chi connectivity index (χ1v) is 8.63. The second kappa shape index (κ2) is 7.51. The molecule has 24 heavy (non-hydrogen) atoms. The van der Waals surface area contributed by atoms with Gasteiger partial charge in [0, 0.05) is 39.1 Å². The number of nitriles is 1. The van der Waals surface area contributed by atoms with Crippen molar-refractivity contribution in [2.75, 3.05) is 32.7 Å². The molecule has 1 aromatic rings. The third-order valence-corrected chi connectivity index (χ3v) is 5.03. The molecule has 0 radical (unpaired) electrons. The van der Waals surface area contributed by atoms with Crippen LogP contribution in [0.1, 0.15) is 12.0 Å². The van der Waals surface area contributed by atoms with Gasteiger partial charge in [-0.25, -0.2) is 0 Å². The van der Waals surface area contributed by atoms with E-state index in [4.69, 9.17) is 5.26 Å². The van der Waals surface area contributed by atoms with Gasteiger partial charge in [-0.2, -0.15) is 10.3 Å². The van der Waals surface area contributed by atoms with Crippen LogP contribution in [0.2, 0.25) is 0 Å². The summed E-state index contributed by atoms with van der Waals surface area (Å²) in [6, 6.07) is 8.89. The fraction of sp³-hybridized carbons (Fsp3) is 0.353. The van der Waals surface area contributed by atoms with Crippen LogP contribution in [0.4, 0.5) is 0 Å². The van der Waals surface area contributed by atoms with Crippen molar-refractivity contribution in [1.82, 2.24) is 9.80 Å². The summed E-state index contributed by atoms with van der Waals surface area (Å²) in [6.07, 6.45) is 2.35. The number of aromatic hydroxyl groups is 1. The van der Waals surface area contributed by atoms with E-state index in [9.17, 15) is 9.90 Å². The molecule has 1 aromatic carbocycles. The third kappa shape index (κ3) is 3.96. The smallest absolute Gasteiger partial charge is 0.286 e. The molecule has 0 unspecified atom stereocenters. The average Bonchev–Trinajstić information content (AvgIpc) is 2.96. The normalized spacial score (nSPS) is 20.3. The van der Waals surface area contributed by atoms with Crippen LogP contribution in [-0.4, -0.2) is 58.7 Å². The van der Waals surface area contributed by atoms with E-state index in [0.29, 0.717) is 11.3 Å². The molecule has 1 fully saturated rings. The largest absolute Gasteiger partial charge is 0.508 e. The molecule has 3 rings (SSSR count). The third-order valence-electron chi connectivity index (χ3n) is 3.98. The molecule has 7 heteroatoms. The van der Waals surface area contributed by atoms with Crippen molar-refractivity contribution >= 4 is 28.9 Å². The van der Waals surface area contributed by atoms with Crippen molar-refractivity contribution in [1.29, 1.82) is 5.26 Å². The van der Waals surface area contributed by atoms with Crippen LogP contribution in [0, 0.1) is 11.3 Å². The highest BCUT2D eigenvalue weighted by molar-refractivity contribution is 8.18. The second-order valence-electron chi connectivity index (χ2n) is 5.64. The minimum atomic E-state index is -0.213. The number of phenols is 1. The molecule has 0 aliphatic carbocycles. The molecular weight excluding hydrogens is 324 g/mol. The topological polar surface area (TPSA) is 79.9 Å². The summed E-state index contributed by atoms with van der Waals surface area (Å²) in [5.74, 6) is -0.0104. The molecule has 0 atom stereocenters. The Kier molecular flexibility index (Phi) is 5.18. The van der Waals surface area contributed by atoms with E-state index in [1.54, 1.807) is 30.3 Å². The van der Waals surface area contributed by atoms with Gasteiger partial charge in [-0.05, 0) is 35.5 Å². The van der Waals surface area contributed by atoms with E-state index in [0.717, 1.165) is 43.5 Å². The predicted molar refractivity (Wildman–Crippen MR) is 94.4 cm³/mol. The number of piperazine rings is 1. The van der Waals surface area contributed by atoms with Gasteiger partial charge in [0.1, 0.15) is 5.75 Å². The number of carbonyl (C=O) groups is 1. The van der Waals surface area contributed by atoms with E-state index >= 15 is 0 Å². The Bertz CT molecular complexity index is 713. The summed E-state index contributed by atoms with van der Waals surface area (Å²) < 4.78 is 0. The highest BCUT2D eigenvalue weighted by Gasteiger charge is 2.28. The standard InChI is InChI=1S/C17H18N4O2S/c18-6-1-7-20-8-10-21(11-9-20)17-19-16(23)15(24-17)12-13-2-4-14(22)5-3-13/h2-5,12,22H,1,7-11H2. The molecule has 2 heterocycles. The van der Waals surface area contributed by atoms with Gasteiger partial charge in [-0.15, -0.1) is 0 Å². The first kappa shape index (κ1) is 16.6. The van der Waals surface area contributed by atoms with Crippen LogP contribution in [0.3, 0.4) is 0 Å². The van der Waals surface area contributed by atoms with E-state index in [1.165, 1.54) is 11.8 Å². The van der Waals surface area contributed by atoms with Crippen LogP contribution < -0.4 is 0 Å². The Morgan fingerprint density at radius 3 is 2.62 bits per heavy atom. The first-order valence-electron chi connectivity index (χ1n) is 7.81. The molecule has 0 spiro atoms. The summed E-state index contributed by atoms with van der Waals surface area (Å²) in [6.45, 7) is 4.20. The number of hydrogen-bond acceptors (Lipinski definition) is 6. The van der Waals surface area contributed by atoms with Crippen molar-refractivity contribution in [3.05, 3.63) is 34.7 Å². The number of benzene rings is 1. The van der Waals surface area contributed by atoms with Gasteiger partial charge in [-0.3, -0.25) is 9.69 Å². The SMILES string of the molecule is N#CCCN1CCN(C2=NC(=O)C(=Cc3ccc(O)cc3)S2)CC1. The molecule has 1 amide bonds. The average molecular weight is 342 g/mol. The molecule has 0 bridgehead atoms. The zero-order chi connectivity index (χ0) is 16.9. The molecule has 124 valence electrons. The van der Waals surface area contributed by atoms with Gasteiger partial charge >= 0.3 is 0 Å². The number of nitrogens with zero attached hydrogens (tertiary/aromatic N) is 4. The number of rotatable bonds is 3. The van der Waals surface area contributed by atoms with Crippen LogP contribution in [-0.2, 0) is 4.79 Å². The van der Waals surface area contributed by atoms with Gasteiger partial charge in [0.25, 0.3) is 5.91 Å². The Morgan fingerprint density at radius 1 is 1.25 bits per heavy atom. The maximum Gasteiger partial charge on any atom is 0.286 e. The van der Waals surface area contributed by atoms with Gasteiger partial charge in [0.15, 0.2) is 5.17 Å². The van der Waals surface area contributed by atoms with Crippen molar-refractivity contribution < 1.29 is 9.90 Å². The summed E-state index contributed by atoms with van der Waals surface area (Å²) >= 11 is 1.40. The molecule has 6 nitrogen and oxygen atoms in total. The monoisotopic (exact) mass is 342 g/mol. The van der Waals surface area contributed by atoms with Crippen LogP contribution >= 0.6 is 11.8 Å². The zero-order valence-electron chi connectivity index (χ0n) is 13.2. The van der Waals surface area contributed by atoms with E-state index < -0.39 is 0 Å². The minimum absolute atomic E-state index is 0.203. The number of aliphatic imine (C=N–C) groups is 1. The van der Waals surface area contributed by atoms with E-state index in [-0.39, 0.29) is 11.7 Å². The van der Waals surface area contributed by atoms with Crippen molar-refractivity contribution in [3.63, 3.8) is 0 Å². The molecule has 1 saturated heterocycles. The predicted octanol–water partition coefficient (Wildman–Crippen LogP) is 1.89. The maximum absolute atomic E-state index is 12.1. The zero-order valence-corrected chi connectivity index (χ0v) is 14.0. The lowest BCUT2D eigenvalue weighted by atomic mass is 10.2. The van der Waals surface area contributed by atoms with Crippen molar-refractivity contribution in [2.24, 2.45) is 4.99 Å². The minimum Gasteiger partial charge on any atom is -0.508 e. The Labute approximate surface area is 145 Å². The van der Waals surface area contributed by atoms with Crippen molar-refractivity contribution in [3.8, 4) is 11.8 Å². The summed E-state index contributed by atoms with van der Waals surface area (Å²) in [5, 5.41) is 18.7. The summed E-state index contributed by atoms with van der Waals surface area (Å²) in [5.41, 5.74) is 0.862.